The summed E-state index contributed by atoms with van der Waals surface area (Å²) < 4.78 is 8.87. The molecule has 1 aromatic heterocycles. The minimum atomic E-state index is 0.0283. The fourth-order valence-corrected chi connectivity index (χ4v) is 3.40. The lowest BCUT2D eigenvalue weighted by molar-refractivity contribution is 0.0555. The summed E-state index contributed by atoms with van der Waals surface area (Å²) in [6.07, 6.45) is 1.36. The fourth-order valence-electron chi connectivity index (χ4n) is 3.40. The van der Waals surface area contributed by atoms with Crippen molar-refractivity contribution in [2.45, 2.75) is 47.1 Å². The highest BCUT2D eigenvalue weighted by atomic mass is 16.5. The molecule has 0 fully saturated rings. The number of rotatable bonds is 0. The Morgan fingerprint density at radius 2 is 1.52 bits per heavy atom. The van der Waals surface area contributed by atoms with Crippen LogP contribution < -0.4 is 5.69 Å². The third kappa shape index (κ3) is 4.51. The van der Waals surface area contributed by atoms with E-state index in [4.69, 9.17) is 4.74 Å². The molecule has 0 radical (unpaired) electrons. The van der Waals surface area contributed by atoms with Crippen LogP contribution in [0, 0.1) is 13.8 Å². The number of nitrogens with zero attached hydrogens (tertiary/aromatic N) is 2. The van der Waals surface area contributed by atoms with Crippen LogP contribution in [0.4, 0.5) is 0 Å². The maximum Gasteiger partial charge on any atom is 0.328 e. The number of aromatic nitrogens is 2. The molecule has 27 heavy (non-hydrogen) atoms. The summed E-state index contributed by atoms with van der Waals surface area (Å²) in [5, 5.41) is 0. The molecule has 0 saturated carbocycles. The van der Waals surface area contributed by atoms with E-state index in [1.165, 1.54) is 22.3 Å². The predicted molar refractivity (Wildman–Crippen MR) is 113 cm³/mol. The van der Waals surface area contributed by atoms with E-state index >= 15 is 0 Å². The van der Waals surface area contributed by atoms with E-state index in [0.717, 1.165) is 24.1 Å². The van der Waals surface area contributed by atoms with Gasteiger partial charge in [-0.15, -0.1) is 0 Å². The molecular formula is C23H32N2O2. The van der Waals surface area contributed by atoms with Crippen molar-refractivity contribution in [3.8, 4) is 0 Å². The number of imidazole rings is 1. The summed E-state index contributed by atoms with van der Waals surface area (Å²) >= 11 is 0. The SMILES string of the molecule is CC.Cc1ccc2c(c1)CCO[C@H]2C.Cc1ccc2c(c1)n(C)c(=O)n2C. The van der Waals surface area contributed by atoms with E-state index < -0.39 is 0 Å². The van der Waals surface area contributed by atoms with Crippen LogP contribution in [0.3, 0.4) is 0 Å². The van der Waals surface area contributed by atoms with Gasteiger partial charge in [-0.2, -0.15) is 0 Å². The monoisotopic (exact) mass is 368 g/mol. The molecule has 146 valence electrons. The standard InChI is InChI=1S/C11H14O.C10H12N2O.C2H6/c1-8-3-4-11-9(2)12-6-5-10(11)7-8;1-7-4-5-8-9(6-7)12(3)10(13)11(8)2;1-2/h3-4,7,9H,5-6H2,1-2H3;4-6H,1-3H3;1-2H3/t9-;;/m0../s1. The highest BCUT2D eigenvalue weighted by Crippen LogP contribution is 2.26. The van der Waals surface area contributed by atoms with Gasteiger partial charge in [-0.05, 0) is 56.0 Å². The lowest BCUT2D eigenvalue weighted by atomic mass is 9.97. The molecular weight excluding hydrogens is 336 g/mol. The van der Waals surface area contributed by atoms with E-state index in [1.54, 1.807) is 23.2 Å². The zero-order valence-electron chi connectivity index (χ0n) is 17.7. The summed E-state index contributed by atoms with van der Waals surface area (Å²) in [6, 6.07) is 12.6. The van der Waals surface area contributed by atoms with E-state index in [9.17, 15) is 4.79 Å². The molecule has 2 aromatic carbocycles. The zero-order chi connectivity index (χ0) is 20.1. The van der Waals surface area contributed by atoms with Crippen LogP contribution in [0.2, 0.25) is 0 Å². The summed E-state index contributed by atoms with van der Waals surface area (Å²) in [4.78, 5) is 11.5. The Hall–Kier alpha value is -2.33. The van der Waals surface area contributed by atoms with E-state index in [-0.39, 0.29) is 11.8 Å². The Balaban J connectivity index is 0.000000178. The van der Waals surface area contributed by atoms with Gasteiger partial charge in [0.1, 0.15) is 0 Å². The normalized spacial score (nSPS) is 15.3. The Bertz CT molecular complexity index is 966. The lowest BCUT2D eigenvalue weighted by Crippen LogP contribution is -2.19. The lowest BCUT2D eigenvalue weighted by Gasteiger charge is -2.23. The van der Waals surface area contributed by atoms with Crippen molar-refractivity contribution in [3.05, 3.63) is 69.1 Å². The van der Waals surface area contributed by atoms with Crippen LogP contribution in [0.15, 0.2) is 41.2 Å². The first kappa shape index (κ1) is 21.0. The fraction of sp³-hybridized carbons (Fsp3) is 0.435. The maximum atomic E-state index is 11.5. The molecule has 1 aliphatic heterocycles. The molecule has 0 bridgehead atoms. The Morgan fingerprint density at radius 3 is 2.22 bits per heavy atom. The van der Waals surface area contributed by atoms with Crippen LogP contribution in [0.1, 0.15) is 49.1 Å². The van der Waals surface area contributed by atoms with Gasteiger partial charge in [-0.3, -0.25) is 9.13 Å². The van der Waals surface area contributed by atoms with Gasteiger partial charge >= 0.3 is 5.69 Å². The first-order chi connectivity index (χ1) is 12.9. The van der Waals surface area contributed by atoms with Crippen molar-refractivity contribution >= 4 is 11.0 Å². The molecule has 1 atom stereocenters. The number of ether oxygens (including phenoxy) is 1. The van der Waals surface area contributed by atoms with Crippen LogP contribution in [-0.2, 0) is 25.3 Å². The molecule has 4 rings (SSSR count). The van der Waals surface area contributed by atoms with Crippen molar-refractivity contribution in [1.82, 2.24) is 9.13 Å². The second kappa shape index (κ2) is 9.05. The topological polar surface area (TPSA) is 36.2 Å². The summed E-state index contributed by atoms with van der Waals surface area (Å²) in [6.45, 7) is 11.2. The third-order valence-corrected chi connectivity index (χ3v) is 4.90. The van der Waals surface area contributed by atoms with Crippen LogP contribution in [-0.4, -0.2) is 15.7 Å². The first-order valence-corrected chi connectivity index (χ1v) is 9.71. The molecule has 0 amide bonds. The van der Waals surface area contributed by atoms with Gasteiger partial charge in [0.15, 0.2) is 0 Å². The van der Waals surface area contributed by atoms with Gasteiger partial charge < -0.3 is 4.74 Å². The van der Waals surface area contributed by atoms with E-state index in [2.05, 4.69) is 32.0 Å². The van der Waals surface area contributed by atoms with Crippen LogP contribution in [0.25, 0.3) is 11.0 Å². The quantitative estimate of drug-likeness (QED) is 0.569. The highest BCUT2D eigenvalue weighted by Gasteiger charge is 2.15. The van der Waals surface area contributed by atoms with Gasteiger partial charge in [0, 0.05) is 14.1 Å². The zero-order valence-corrected chi connectivity index (χ0v) is 17.7. The number of hydrogen-bond acceptors (Lipinski definition) is 2. The first-order valence-electron chi connectivity index (χ1n) is 9.71. The highest BCUT2D eigenvalue weighted by molar-refractivity contribution is 5.76. The molecule has 1 aliphatic rings. The van der Waals surface area contributed by atoms with E-state index in [1.807, 2.05) is 39.0 Å². The Kier molecular flexibility index (Phi) is 7.03. The largest absolute Gasteiger partial charge is 0.373 e. The van der Waals surface area contributed by atoms with Gasteiger partial charge in [0.2, 0.25) is 0 Å². The molecule has 3 aromatic rings. The van der Waals surface area contributed by atoms with Crippen molar-refractivity contribution in [2.75, 3.05) is 6.61 Å². The predicted octanol–water partition coefficient (Wildman–Crippen LogP) is 4.84. The minimum absolute atomic E-state index is 0.0283. The van der Waals surface area contributed by atoms with Crippen molar-refractivity contribution in [3.63, 3.8) is 0 Å². The molecule has 2 heterocycles. The number of hydrogen-bond donors (Lipinski definition) is 0. The third-order valence-electron chi connectivity index (χ3n) is 4.90. The van der Waals surface area contributed by atoms with Crippen molar-refractivity contribution in [2.24, 2.45) is 14.1 Å². The van der Waals surface area contributed by atoms with Crippen molar-refractivity contribution in [1.29, 1.82) is 0 Å². The summed E-state index contributed by atoms with van der Waals surface area (Å²) in [5.74, 6) is 0. The Labute approximate surface area is 162 Å². The van der Waals surface area contributed by atoms with Gasteiger partial charge in [-0.1, -0.05) is 43.7 Å². The minimum Gasteiger partial charge on any atom is -0.373 e. The average molecular weight is 369 g/mol. The molecule has 0 N–H and O–H groups in total. The van der Waals surface area contributed by atoms with Crippen molar-refractivity contribution < 1.29 is 4.74 Å². The summed E-state index contributed by atoms with van der Waals surface area (Å²) in [7, 11) is 3.59. The molecule has 0 spiro atoms. The maximum absolute atomic E-state index is 11.5. The number of fused-ring (bicyclic) bond motifs is 2. The van der Waals surface area contributed by atoms with Gasteiger partial charge in [-0.25, -0.2) is 4.79 Å². The molecule has 4 heteroatoms. The Morgan fingerprint density at radius 1 is 0.926 bits per heavy atom. The van der Waals surface area contributed by atoms with Crippen LogP contribution in [0.5, 0.6) is 0 Å². The number of aryl methyl sites for hydroxylation is 4. The smallest absolute Gasteiger partial charge is 0.328 e. The summed E-state index contributed by atoms with van der Waals surface area (Å²) in [5.41, 5.74) is 7.36. The van der Waals surface area contributed by atoms with Gasteiger partial charge in [0.25, 0.3) is 0 Å². The molecule has 0 aliphatic carbocycles. The van der Waals surface area contributed by atoms with Gasteiger partial charge in [0.05, 0.1) is 23.7 Å². The molecule has 0 unspecified atom stereocenters. The number of benzene rings is 2. The molecule has 0 saturated heterocycles. The molecule has 4 nitrogen and oxygen atoms in total. The second-order valence-electron chi connectivity index (χ2n) is 6.86. The average Bonchev–Trinajstić information content (AvgIpc) is 2.88. The van der Waals surface area contributed by atoms with E-state index in [0.29, 0.717) is 0 Å². The second-order valence-corrected chi connectivity index (χ2v) is 6.86. The van der Waals surface area contributed by atoms with Crippen LogP contribution >= 0.6 is 0 Å².